The van der Waals surface area contributed by atoms with Gasteiger partial charge >= 0.3 is 5.97 Å². The molecule has 1 N–H and O–H groups in total. The molecule has 0 saturated carbocycles. The lowest BCUT2D eigenvalue weighted by atomic mass is 10.2. The molecule has 1 aromatic carbocycles. The summed E-state index contributed by atoms with van der Waals surface area (Å²) in [6.45, 7) is 1.70. The molecule has 0 radical (unpaired) electrons. The van der Waals surface area contributed by atoms with Gasteiger partial charge in [-0.2, -0.15) is 0 Å². The van der Waals surface area contributed by atoms with E-state index in [1.807, 2.05) is 12.1 Å². The van der Waals surface area contributed by atoms with Gasteiger partial charge < -0.3 is 9.84 Å². The fourth-order valence-electron chi connectivity index (χ4n) is 0.902. The van der Waals surface area contributed by atoms with Gasteiger partial charge in [-0.1, -0.05) is 29.8 Å². The summed E-state index contributed by atoms with van der Waals surface area (Å²) in [5.41, 5.74) is 0.794. The van der Waals surface area contributed by atoms with Crippen molar-refractivity contribution in [3.8, 4) is 0 Å². The van der Waals surface area contributed by atoms with Gasteiger partial charge in [0.1, 0.15) is 0 Å². The average Bonchev–Trinajstić information content (AvgIpc) is 2.16. The van der Waals surface area contributed by atoms with E-state index in [1.54, 1.807) is 12.1 Å². The van der Waals surface area contributed by atoms with E-state index < -0.39 is 12.1 Å². The minimum atomic E-state index is -0.975. The molecule has 0 bridgehead atoms. The molecule has 0 aliphatic rings. The Morgan fingerprint density at radius 1 is 1.57 bits per heavy atom. The zero-order chi connectivity index (χ0) is 10.6. The predicted molar refractivity (Wildman–Crippen MR) is 53.3 cm³/mol. The number of aliphatic carboxylic acids is 1. The number of carbonyl (C=O) groups is 1. The third kappa shape index (κ3) is 3.01. The average molecular weight is 215 g/mol. The standard InChI is InChI=1S/C10H11ClO3/c1-7(10(12)13)14-6-8-4-2-3-5-9(8)11/h2-5,7H,6H2,1H3,(H,12,13)/t7-/m0/s1. The van der Waals surface area contributed by atoms with E-state index in [-0.39, 0.29) is 6.61 Å². The molecule has 0 spiro atoms. The van der Waals surface area contributed by atoms with E-state index >= 15 is 0 Å². The smallest absolute Gasteiger partial charge is 0.332 e. The summed E-state index contributed by atoms with van der Waals surface area (Å²) in [6, 6.07) is 7.19. The van der Waals surface area contributed by atoms with Crippen molar-refractivity contribution >= 4 is 17.6 Å². The Labute approximate surface area is 87.3 Å². The van der Waals surface area contributed by atoms with Crippen molar-refractivity contribution in [2.75, 3.05) is 0 Å². The van der Waals surface area contributed by atoms with Crippen molar-refractivity contribution in [3.63, 3.8) is 0 Å². The van der Waals surface area contributed by atoms with Crippen LogP contribution in [0.2, 0.25) is 5.02 Å². The first-order chi connectivity index (χ1) is 6.61. The van der Waals surface area contributed by atoms with Crippen molar-refractivity contribution < 1.29 is 14.6 Å². The molecule has 14 heavy (non-hydrogen) atoms. The van der Waals surface area contributed by atoms with Crippen LogP contribution in [-0.2, 0) is 16.1 Å². The summed E-state index contributed by atoms with van der Waals surface area (Å²) in [5, 5.41) is 9.16. The first-order valence-electron chi connectivity index (χ1n) is 4.19. The molecule has 0 aromatic heterocycles. The Morgan fingerprint density at radius 2 is 2.21 bits per heavy atom. The van der Waals surface area contributed by atoms with Crippen molar-refractivity contribution in [1.29, 1.82) is 0 Å². The highest BCUT2D eigenvalue weighted by atomic mass is 35.5. The first kappa shape index (κ1) is 11.0. The highest BCUT2D eigenvalue weighted by Crippen LogP contribution is 2.16. The summed E-state index contributed by atoms with van der Waals surface area (Å²) in [5.74, 6) is -0.975. The van der Waals surface area contributed by atoms with Crippen LogP contribution < -0.4 is 0 Å². The van der Waals surface area contributed by atoms with Gasteiger partial charge in [-0.15, -0.1) is 0 Å². The van der Waals surface area contributed by atoms with Crippen LogP contribution in [-0.4, -0.2) is 17.2 Å². The maximum absolute atomic E-state index is 10.4. The van der Waals surface area contributed by atoms with Gasteiger partial charge in [0.25, 0.3) is 0 Å². The highest BCUT2D eigenvalue weighted by Gasteiger charge is 2.11. The molecule has 3 nitrogen and oxygen atoms in total. The lowest BCUT2D eigenvalue weighted by Gasteiger charge is -2.09. The number of hydrogen-bond donors (Lipinski definition) is 1. The van der Waals surface area contributed by atoms with Crippen LogP contribution >= 0.6 is 11.6 Å². The summed E-state index contributed by atoms with van der Waals surface area (Å²) >= 11 is 5.86. The van der Waals surface area contributed by atoms with Crippen LogP contribution in [0, 0.1) is 0 Å². The Balaban J connectivity index is 2.54. The largest absolute Gasteiger partial charge is 0.479 e. The quantitative estimate of drug-likeness (QED) is 0.837. The number of ether oxygens (including phenoxy) is 1. The fraction of sp³-hybridized carbons (Fsp3) is 0.300. The number of benzene rings is 1. The molecule has 1 aromatic rings. The van der Waals surface area contributed by atoms with E-state index in [0.29, 0.717) is 5.02 Å². The van der Waals surface area contributed by atoms with E-state index in [4.69, 9.17) is 21.4 Å². The summed E-state index contributed by atoms with van der Waals surface area (Å²) in [7, 11) is 0. The summed E-state index contributed by atoms with van der Waals surface area (Å²) in [6.07, 6.45) is -0.814. The topological polar surface area (TPSA) is 46.5 Å². The molecule has 0 saturated heterocycles. The molecule has 76 valence electrons. The van der Waals surface area contributed by atoms with E-state index in [2.05, 4.69) is 0 Å². The summed E-state index contributed by atoms with van der Waals surface area (Å²) in [4.78, 5) is 10.4. The van der Waals surface area contributed by atoms with Gasteiger partial charge in [0.2, 0.25) is 0 Å². The zero-order valence-corrected chi connectivity index (χ0v) is 8.49. The lowest BCUT2D eigenvalue weighted by Crippen LogP contribution is -2.19. The van der Waals surface area contributed by atoms with Gasteiger partial charge in [0.05, 0.1) is 6.61 Å². The molecule has 0 amide bonds. The number of halogens is 1. The minimum Gasteiger partial charge on any atom is -0.479 e. The molecule has 4 heteroatoms. The SMILES string of the molecule is C[C@H](OCc1ccccc1Cl)C(=O)O. The minimum absolute atomic E-state index is 0.215. The molecule has 1 rings (SSSR count). The zero-order valence-electron chi connectivity index (χ0n) is 7.74. The van der Waals surface area contributed by atoms with Crippen LogP contribution in [0.4, 0.5) is 0 Å². The van der Waals surface area contributed by atoms with E-state index in [0.717, 1.165) is 5.56 Å². The molecule has 0 unspecified atom stereocenters. The molecular formula is C10H11ClO3. The number of carboxylic acid groups (broad SMARTS) is 1. The van der Waals surface area contributed by atoms with Crippen molar-refractivity contribution in [3.05, 3.63) is 34.9 Å². The van der Waals surface area contributed by atoms with Gasteiger partial charge in [0, 0.05) is 5.02 Å². The second-order valence-electron chi connectivity index (χ2n) is 2.88. The highest BCUT2D eigenvalue weighted by molar-refractivity contribution is 6.31. The van der Waals surface area contributed by atoms with Crippen LogP contribution in [0.3, 0.4) is 0 Å². The van der Waals surface area contributed by atoms with Gasteiger partial charge in [-0.25, -0.2) is 4.79 Å². The van der Waals surface area contributed by atoms with Crippen LogP contribution in [0.1, 0.15) is 12.5 Å². The second-order valence-corrected chi connectivity index (χ2v) is 3.29. The maximum atomic E-state index is 10.4. The summed E-state index contributed by atoms with van der Waals surface area (Å²) < 4.78 is 5.09. The molecule has 0 aliphatic carbocycles. The fourth-order valence-corrected chi connectivity index (χ4v) is 1.09. The predicted octanol–water partition coefficient (Wildman–Crippen LogP) is 2.33. The lowest BCUT2D eigenvalue weighted by molar-refractivity contribution is -0.149. The van der Waals surface area contributed by atoms with Crippen LogP contribution in [0.25, 0.3) is 0 Å². The Hall–Kier alpha value is -1.06. The monoisotopic (exact) mass is 214 g/mol. The van der Waals surface area contributed by atoms with Crippen molar-refractivity contribution in [1.82, 2.24) is 0 Å². The molecule has 0 fully saturated rings. The van der Waals surface area contributed by atoms with Crippen molar-refractivity contribution in [2.24, 2.45) is 0 Å². The Kier molecular flexibility index (Phi) is 3.92. The van der Waals surface area contributed by atoms with E-state index in [9.17, 15) is 4.79 Å². The van der Waals surface area contributed by atoms with Gasteiger partial charge in [-0.05, 0) is 18.6 Å². The van der Waals surface area contributed by atoms with Crippen LogP contribution in [0.5, 0.6) is 0 Å². The Morgan fingerprint density at radius 3 is 2.79 bits per heavy atom. The molecular weight excluding hydrogens is 204 g/mol. The Bertz CT molecular complexity index is 325. The normalized spacial score (nSPS) is 12.4. The molecule has 0 heterocycles. The number of rotatable bonds is 4. The third-order valence-corrected chi connectivity index (χ3v) is 2.16. The second kappa shape index (κ2) is 4.98. The van der Waals surface area contributed by atoms with Crippen molar-refractivity contribution in [2.45, 2.75) is 19.6 Å². The molecule has 0 aliphatic heterocycles. The molecule has 1 atom stereocenters. The third-order valence-electron chi connectivity index (χ3n) is 1.79. The maximum Gasteiger partial charge on any atom is 0.332 e. The van der Waals surface area contributed by atoms with Gasteiger partial charge in [-0.3, -0.25) is 0 Å². The van der Waals surface area contributed by atoms with E-state index in [1.165, 1.54) is 6.92 Å². The van der Waals surface area contributed by atoms with Gasteiger partial charge in [0.15, 0.2) is 6.10 Å². The first-order valence-corrected chi connectivity index (χ1v) is 4.57. The number of carboxylic acids is 1. The number of hydrogen-bond acceptors (Lipinski definition) is 2. The van der Waals surface area contributed by atoms with Crippen LogP contribution in [0.15, 0.2) is 24.3 Å².